The number of hydrogen-bond donors (Lipinski definition) is 1. The molecule has 0 aliphatic carbocycles. The van der Waals surface area contributed by atoms with E-state index in [2.05, 4.69) is 77.6 Å². The zero-order chi connectivity index (χ0) is 21.9. The van der Waals surface area contributed by atoms with E-state index < -0.39 is 0 Å². The number of hydrogen-bond acceptors (Lipinski definition) is 1. The molecule has 0 bridgehead atoms. The molecule has 0 fully saturated rings. The van der Waals surface area contributed by atoms with Gasteiger partial charge in [-0.05, 0) is 46.9 Å². The van der Waals surface area contributed by atoms with E-state index in [1.165, 1.54) is 5.56 Å². The Kier molecular flexibility index (Phi) is 5.51. The average Bonchev–Trinajstić information content (AvgIpc) is 3.27. The first-order chi connectivity index (χ1) is 15.7. The fraction of sp³-hybridized carbons (Fsp3) is 0.179. The van der Waals surface area contributed by atoms with Gasteiger partial charge in [0, 0.05) is 18.4 Å². The molecule has 4 heteroatoms. The summed E-state index contributed by atoms with van der Waals surface area (Å²) in [7, 11) is 0. The van der Waals surface area contributed by atoms with Crippen LogP contribution in [0.1, 0.15) is 40.9 Å². The minimum Gasteiger partial charge on any atom is -0.334 e. The maximum atomic E-state index is 13.6. The fourth-order valence-electron chi connectivity index (χ4n) is 4.50. The SMILES string of the molecule is CCc1ccc([C@H]2c3cccn3-c3ccccc3CN2C(=O)NCc2ccccc2)cc1. The first kappa shape index (κ1) is 20.1. The zero-order valence-corrected chi connectivity index (χ0v) is 18.2. The molecule has 2 heterocycles. The second kappa shape index (κ2) is 8.75. The molecular weight excluding hydrogens is 394 g/mol. The summed E-state index contributed by atoms with van der Waals surface area (Å²) in [5.74, 6) is 0. The molecule has 3 aromatic carbocycles. The van der Waals surface area contributed by atoms with Crippen molar-refractivity contribution in [2.45, 2.75) is 32.5 Å². The molecule has 1 aromatic heterocycles. The summed E-state index contributed by atoms with van der Waals surface area (Å²) >= 11 is 0. The average molecular weight is 422 g/mol. The normalized spacial score (nSPS) is 14.9. The van der Waals surface area contributed by atoms with Crippen LogP contribution in [0.15, 0.2) is 97.2 Å². The molecule has 1 N–H and O–H groups in total. The maximum Gasteiger partial charge on any atom is 0.318 e. The third-order valence-corrected chi connectivity index (χ3v) is 6.22. The van der Waals surface area contributed by atoms with E-state index in [0.717, 1.165) is 34.5 Å². The van der Waals surface area contributed by atoms with Crippen LogP contribution in [0.25, 0.3) is 5.69 Å². The van der Waals surface area contributed by atoms with E-state index in [1.807, 2.05) is 41.3 Å². The molecule has 4 aromatic rings. The Morgan fingerprint density at radius 2 is 1.62 bits per heavy atom. The van der Waals surface area contributed by atoms with Crippen molar-refractivity contribution < 1.29 is 4.79 Å². The van der Waals surface area contributed by atoms with Crippen LogP contribution in [-0.2, 0) is 19.5 Å². The number of urea groups is 1. The molecular formula is C28H27N3O. The van der Waals surface area contributed by atoms with Gasteiger partial charge in [-0.2, -0.15) is 0 Å². The molecule has 0 unspecified atom stereocenters. The van der Waals surface area contributed by atoms with Crippen LogP contribution in [-0.4, -0.2) is 15.5 Å². The first-order valence-corrected chi connectivity index (χ1v) is 11.2. The van der Waals surface area contributed by atoms with Gasteiger partial charge in [0.25, 0.3) is 0 Å². The summed E-state index contributed by atoms with van der Waals surface area (Å²) in [6.45, 7) is 3.20. The van der Waals surface area contributed by atoms with Gasteiger partial charge in [-0.1, -0.05) is 79.7 Å². The van der Waals surface area contributed by atoms with Crippen LogP contribution in [0.5, 0.6) is 0 Å². The largest absolute Gasteiger partial charge is 0.334 e. The number of carbonyl (C=O) groups excluding carboxylic acids is 1. The highest BCUT2D eigenvalue weighted by Crippen LogP contribution is 2.36. The molecule has 1 aliphatic rings. The fourth-order valence-corrected chi connectivity index (χ4v) is 4.50. The lowest BCUT2D eigenvalue weighted by Gasteiger charge is -2.31. The quantitative estimate of drug-likeness (QED) is 0.441. The lowest BCUT2D eigenvalue weighted by atomic mass is 10.00. The minimum absolute atomic E-state index is 0.0668. The Balaban J connectivity index is 1.56. The summed E-state index contributed by atoms with van der Waals surface area (Å²) < 4.78 is 2.22. The highest BCUT2D eigenvalue weighted by atomic mass is 16.2. The topological polar surface area (TPSA) is 37.3 Å². The molecule has 5 rings (SSSR count). The van der Waals surface area contributed by atoms with Gasteiger partial charge in [-0.15, -0.1) is 0 Å². The molecule has 0 saturated carbocycles. The van der Waals surface area contributed by atoms with Gasteiger partial charge < -0.3 is 14.8 Å². The number of rotatable bonds is 4. The van der Waals surface area contributed by atoms with E-state index in [9.17, 15) is 4.79 Å². The molecule has 1 atom stereocenters. The number of fused-ring (bicyclic) bond motifs is 3. The van der Waals surface area contributed by atoms with E-state index in [0.29, 0.717) is 13.1 Å². The highest BCUT2D eigenvalue weighted by molar-refractivity contribution is 5.76. The van der Waals surface area contributed by atoms with Crippen LogP contribution >= 0.6 is 0 Å². The minimum atomic E-state index is -0.181. The molecule has 32 heavy (non-hydrogen) atoms. The summed E-state index contributed by atoms with van der Waals surface area (Å²) in [6.07, 6.45) is 3.08. The lowest BCUT2D eigenvalue weighted by molar-refractivity contribution is 0.180. The smallest absolute Gasteiger partial charge is 0.318 e. The van der Waals surface area contributed by atoms with Gasteiger partial charge in [0.1, 0.15) is 0 Å². The van der Waals surface area contributed by atoms with Crippen molar-refractivity contribution in [3.05, 3.63) is 125 Å². The monoisotopic (exact) mass is 421 g/mol. The van der Waals surface area contributed by atoms with Gasteiger partial charge in [0.2, 0.25) is 0 Å². The Bertz CT molecular complexity index is 1210. The number of aryl methyl sites for hydroxylation is 1. The predicted octanol–water partition coefficient (Wildman–Crippen LogP) is 5.85. The molecule has 160 valence electrons. The molecule has 4 nitrogen and oxygen atoms in total. The summed E-state index contributed by atoms with van der Waals surface area (Å²) in [6, 6.07) is 31.0. The van der Waals surface area contributed by atoms with E-state index in [4.69, 9.17) is 0 Å². The van der Waals surface area contributed by atoms with Crippen molar-refractivity contribution in [3.8, 4) is 5.69 Å². The Hall–Kier alpha value is -3.79. The Morgan fingerprint density at radius 1 is 0.875 bits per heavy atom. The Labute approximate surface area is 189 Å². The predicted molar refractivity (Wildman–Crippen MR) is 128 cm³/mol. The number of carbonyl (C=O) groups is 1. The van der Waals surface area contributed by atoms with Crippen LogP contribution in [0, 0.1) is 0 Å². The molecule has 0 spiro atoms. The number of nitrogens with zero attached hydrogens (tertiary/aromatic N) is 2. The van der Waals surface area contributed by atoms with Crippen LogP contribution in [0.2, 0.25) is 0 Å². The standard InChI is InChI=1S/C28H27N3O/c1-2-21-14-16-23(17-15-21)27-26-13-8-18-30(26)25-12-7-6-11-24(25)20-31(27)28(32)29-19-22-9-4-3-5-10-22/h3-18,27H,2,19-20H2,1H3,(H,29,32)/t27-/m0/s1. The second-order valence-corrected chi connectivity index (χ2v) is 8.20. The third kappa shape index (κ3) is 3.80. The molecule has 1 aliphatic heterocycles. The zero-order valence-electron chi connectivity index (χ0n) is 18.2. The number of para-hydroxylation sites is 1. The third-order valence-electron chi connectivity index (χ3n) is 6.22. The van der Waals surface area contributed by atoms with Crippen LogP contribution < -0.4 is 5.32 Å². The van der Waals surface area contributed by atoms with Crippen molar-refractivity contribution in [1.29, 1.82) is 0 Å². The first-order valence-electron chi connectivity index (χ1n) is 11.2. The number of amides is 2. The highest BCUT2D eigenvalue weighted by Gasteiger charge is 2.32. The lowest BCUT2D eigenvalue weighted by Crippen LogP contribution is -2.41. The van der Waals surface area contributed by atoms with E-state index in [-0.39, 0.29) is 12.1 Å². The summed E-state index contributed by atoms with van der Waals surface area (Å²) in [5, 5.41) is 3.15. The summed E-state index contributed by atoms with van der Waals surface area (Å²) in [5.41, 5.74) is 6.84. The van der Waals surface area contributed by atoms with Crippen molar-refractivity contribution in [1.82, 2.24) is 14.8 Å². The van der Waals surface area contributed by atoms with Gasteiger partial charge in [0.05, 0.1) is 18.3 Å². The van der Waals surface area contributed by atoms with Gasteiger partial charge in [-0.25, -0.2) is 4.79 Å². The number of nitrogens with one attached hydrogen (secondary N) is 1. The van der Waals surface area contributed by atoms with Crippen LogP contribution in [0.4, 0.5) is 4.79 Å². The van der Waals surface area contributed by atoms with Crippen molar-refractivity contribution in [3.63, 3.8) is 0 Å². The molecule has 2 amide bonds. The maximum absolute atomic E-state index is 13.6. The number of aromatic nitrogens is 1. The van der Waals surface area contributed by atoms with Crippen LogP contribution in [0.3, 0.4) is 0 Å². The van der Waals surface area contributed by atoms with Crippen molar-refractivity contribution >= 4 is 6.03 Å². The number of benzene rings is 3. The van der Waals surface area contributed by atoms with Crippen molar-refractivity contribution in [2.24, 2.45) is 0 Å². The second-order valence-electron chi connectivity index (χ2n) is 8.20. The molecule has 0 radical (unpaired) electrons. The van der Waals surface area contributed by atoms with Gasteiger partial charge in [0.15, 0.2) is 0 Å². The van der Waals surface area contributed by atoms with E-state index >= 15 is 0 Å². The van der Waals surface area contributed by atoms with Gasteiger partial charge in [-0.3, -0.25) is 0 Å². The van der Waals surface area contributed by atoms with Gasteiger partial charge >= 0.3 is 6.03 Å². The van der Waals surface area contributed by atoms with Crippen molar-refractivity contribution in [2.75, 3.05) is 0 Å². The molecule has 0 saturated heterocycles. The Morgan fingerprint density at radius 3 is 2.41 bits per heavy atom. The van der Waals surface area contributed by atoms with E-state index in [1.54, 1.807) is 0 Å². The summed E-state index contributed by atoms with van der Waals surface area (Å²) in [4.78, 5) is 15.5.